The lowest BCUT2D eigenvalue weighted by Gasteiger charge is -2.10. The van der Waals surface area contributed by atoms with E-state index in [2.05, 4.69) is 10.2 Å². The van der Waals surface area contributed by atoms with Gasteiger partial charge in [-0.25, -0.2) is 4.39 Å². The third-order valence-electron chi connectivity index (χ3n) is 1.83. The van der Waals surface area contributed by atoms with E-state index in [1.165, 1.54) is 0 Å². The van der Waals surface area contributed by atoms with E-state index < -0.39 is 34.8 Å². The molecule has 1 aromatic carbocycles. The third kappa shape index (κ3) is 3.09. The zero-order valence-electron chi connectivity index (χ0n) is 8.74. The first kappa shape index (κ1) is 13.7. The van der Waals surface area contributed by atoms with Crippen molar-refractivity contribution < 1.29 is 22.7 Å². The summed E-state index contributed by atoms with van der Waals surface area (Å²) in [4.78, 5) is 0. The lowest BCUT2D eigenvalue weighted by atomic mass is 10.1. The molecular weight excluding hydrogens is 256 g/mol. The van der Waals surface area contributed by atoms with Crippen LogP contribution in [0.1, 0.15) is 11.1 Å². The van der Waals surface area contributed by atoms with Gasteiger partial charge in [0, 0.05) is 0 Å². The summed E-state index contributed by atoms with van der Waals surface area (Å²) in [6, 6.07) is 0.974. The molecule has 18 heavy (non-hydrogen) atoms. The van der Waals surface area contributed by atoms with Gasteiger partial charge < -0.3 is 16.6 Å². The number of phenolic OH excluding ortho intramolecular Hbond substituents is 1. The maximum absolute atomic E-state index is 13.2. The second-order valence-electron chi connectivity index (χ2n) is 3.12. The van der Waals surface area contributed by atoms with Gasteiger partial charge in [0.2, 0.25) is 5.96 Å². The van der Waals surface area contributed by atoms with Gasteiger partial charge in [-0.05, 0) is 12.1 Å². The number of halogens is 4. The van der Waals surface area contributed by atoms with Crippen molar-refractivity contribution >= 4 is 12.2 Å². The number of nitrogens with zero attached hydrogens (tertiary/aromatic N) is 2. The van der Waals surface area contributed by atoms with E-state index in [4.69, 9.17) is 11.5 Å². The van der Waals surface area contributed by atoms with E-state index in [0.717, 1.165) is 0 Å². The fourth-order valence-electron chi connectivity index (χ4n) is 1.09. The summed E-state index contributed by atoms with van der Waals surface area (Å²) in [6.07, 6.45) is -4.23. The molecule has 1 rings (SSSR count). The number of benzene rings is 1. The summed E-state index contributed by atoms with van der Waals surface area (Å²) in [6.45, 7) is 0. The van der Waals surface area contributed by atoms with Crippen molar-refractivity contribution in [3.8, 4) is 5.75 Å². The zero-order valence-corrected chi connectivity index (χ0v) is 8.74. The van der Waals surface area contributed by atoms with Gasteiger partial charge in [-0.2, -0.15) is 18.3 Å². The third-order valence-corrected chi connectivity index (χ3v) is 1.83. The minimum atomic E-state index is -4.81. The van der Waals surface area contributed by atoms with Crippen molar-refractivity contribution in [2.24, 2.45) is 21.7 Å². The number of rotatable bonds is 2. The average molecular weight is 264 g/mol. The lowest BCUT2D eigenvalue weighted by molar-refractivity contribution is -0.138. The van der Waals surface area contributed by atoms with Gasteiger partial charge in [0.25, 0.3) is 0 Å². The largest absolute Gasteiger partial charge is 0.507 e. The maximum atomic E-state index is 13.2. The predicted molar refractivity (Wildman–Crippen MR) is 56.5 cm³/mol. The summed E-state index contributed by atoms with van der Waals surface area (Å²) < 4.78 is 50.5. The molecule has 0 unspecified atom stereocenters. The van der Waals surface area contributed by atoms with Crippen molar-refractivity contribution in [3.05, 3.63) is 29.1 Å². The fraction of sp³-hybridized carbons (Fsp3) is 0.111. The Hall–Kier alpha value is -2.32. The molecule has 5 nitrogen and oxygen atoms in total. The van der Waals surface area contributed by atoms with Gasteiger partial charge in [-0.15, -0.1) is 5.10 Å². The van der Waals surface area contributed by atoms with Gasteiger partial charge >= 0.3 is 6.18 Å². The summed E-state index contributed by atoms with van der Waals surface area (Å²) in [5.74, 6) is -2.83. The summed E-state index contributed by atoms with van der Waals surface area (Å²) in [7, 11) is 0. The minimum Gasteiger partial charge on any atom is -0.507 e. The average Bonchev–Trinajstić information content (AvgIpc) is 2.20. The van der Waals surface area contributed by atoms with Crippen LogP contribution in [-0.2, 0) is 6.18 Å². The zero-order chi connectivity index (χ0) is 13.9. The molecule has 0 saturated heterocycles. The number of phenols is 1. The molecule has 0 aliphatic heterocycles. The van der Waals surface area contributed by atoms with Crippen LogP contribution >= 0.6 is 0 Å². The fourth-order valence-corrected chi connectivity index (χ4v) is 1.09. The Morgan fingerprint density at radius 1 is 1.28 bits per heavy atom. The van der Waals surface area contributed by atoms with E-state index in [0.29, 0.717) is 18.3 Å². The van der Waals surface area contributed by atoms with Crippen molar-refractivity contribution in [1.29, 1.82) is 0 Å². The summed E-state index contributed by atoms with van der Waals surface area (Å²) in [5, 5.41) is 15.5. The Bertz CT molecular complexity index is 506. The number of guanidine groups is 1. The molecule has 0 spiro atoms. The first-order chi connectivity index (χ1) is 8.23. The normalized spacial score (nSPS) is 11.8. The van der Waals surface area contributed by atoms with Crippen LogP contribution in [0.5, 0.6) is 5.75 Å². The Balaban J connectivity index is 3.28. The molecule has 0 heterocycles. The lowest BCUT2D eigenvalue weighted by Crippen LogP contribution is -2.21. The quantitative estimate of drug-likeness (QED) is 0.323. The molecule has 0 amide bonds. The van der Waals surface area contributed by atoms with Crippen molar-refractivity contribution in [1.82, 2.24) is 0 Å². The molecule has 0 aliphatic rings. The van der Waals surface area contributed by atoms with Crippen LogP contribution in [0.4, 0.5) is 17.6 Å². The highest BCUT2D eigenvalue weighted by atomic mass is 19.4. The second kappa shape index (κ2) is 4.90. The Labute approximate surface area is 98.4 Å². The molecule has 0 aliphatic carbocycles. The van der Waals surface area contributed by atoms with Crippen LogP contribution in [0.3, 0.4) is 0 Å². The van der Waals surface area contributed by atoms with E-state index in [-0.39, 0.29) is 0 Å². The van der Waals surface area contributed by atoms with E-state index >= 15 is 0 Å². The molecular formula is C9H8F4N4O. The monoisotopic (exact) mass is 264 g/mol. The number of alkyl halides is 3. The first-order valence-electron chi connectivity index (χ1n) is 4.44. The maximum Gasteiger partial charge on any atom is 0.419 e. The van der Waals surface area contributed by atoms with Gasteiger partial charge in [0.1, 0.15) is 11.6 Å². The Morgan fingerprint density at radius 3 is 2.39 bits per heavy atom. The van der Waals surface area contributed by atoms with Crippen LogP contribution in [0.15, 0.2) is 22.3 Å². The van der Waals surface area contributed by atoms with Crippen LogP contribution < -0.4 is 11.5 Å². The summed E-state index contributed by atoms with van der Waals surface area (Å²) in [5.41, 5.74) is 7.68. The van der Waals surface area contributed by atoms with E-state index in [1.807, 2.05) is 0 Å². The van der Waals surface area contributed by atoms with Crippen molar-refractivity contribution in [2.75, 3.05) is 0 Å². The molecule has 5 N–H and O–H groups in total. The molecule has 0 aromatic heterocycles. The van der Waals surface area contributed by atoms with Crippen LogP contribution in [0.25, 0.3) is 0 Å². The topological polar surface area (TPSA) is 97.0 Å². The van der Waals surface area contributed by atoms with Gasteiger partial charge in [0.05, 0.1) is 17.3 Å². The number of hydrogen-bond acceptors (Lipinski definition) is 3. The molecule has 0 saturated carbocycles. The molecule has 0 atom stereocenters. The van der Waals surface area contributed by atoms with Crippen molar-refractivity contribution in [3.63, 3.8) is 0 Å². The SMILES string of the molecule is NC(N)=NN=Cc1c(F)ccc(C(F)(F)F)c1O. The van der Waals surface area contributed by atoms with Gasteiger partial charge in [-0.3, -0.25) is 0 Å². The second-order valence-corrected chi connectivity index (χ2v) is 3.12. The summed E-state index contributed by atoms with van der Waals surface area (Å²) >= 11 is 0. The van der Waals surface area contributed by atoms with Crippen molar-refractivity contribution in [2.45, 2.75) is 6.18 Å². The van der Waals surface area contributed by atoms with Gasteiger partial charge in [-0.1, -0.05) is 0 Å². The molecule has 98 valence electrons. The minimum absolute atomic E-state index is 0.419. The van der Waals surface area contributed by atoms with E-state index in [1.54, 1.807) is 0 Å². The Kier molecular flexibility index (Phi) is 3.74. The van der Waals surface area contributed by atoms with Crippen LogP contribution in [-0.4, -0.2) is 17.3 Å². The first-order valence-corrected chi connectivity index (χ1v) is 4.44. The molecule has 0 bridgehead atoms. The Morgan fingerprint density at radius 2 is 1.89 bits per heavy atom. The predicted octanol–water partition coefficient (Wildman–Crippen LogP) is 1.16. The number of hydrogen-bond donors (Lipinski definition) is 3. The van der Waals surface area contributed by atoms with E-state index in [9.17, 15) is 22.7 Å². The molecule has 9 heteroatoms. The highest BCUT2D eigenvalue weighted by molar-refractivity contribution is 5.85. The van der Waals surface area contributed by atoms with Crippen LogP contribution in [0.2, 0.25) is 0 Å². The molecule has 0 fully saturated rings. The highest BCUT2D eigenvalue weighted by Crippen LogP contribution is 2.37. The number of aromatic hydroxyl groups is 1. The molecule has 1 aromatic rings. The molecule has 0 radical (unpaired) electrons. The number of nitrogens with two attached hydrogens (primary N) is 2. The standard InChI is InChI=1S/C9H8F4N4O/c10-6-2-1-5(9(11,12)13)7(18)4(6)3-16-17-8(14)15/h1-3,18H,(H4,14,15,17). The van der Waals surface area contributed by atoms with Gasteiger partial charge in [0.15, 0.2) is 0 Å². The highest BCUT2D eigenvalue weighted by Gasteiger charge is 2.35. The van der Waals surface area contributed by atoms with Crippen LogP contribution in [0, 0.1) is 5.82 Å². The smallest absolute Gasteiger partial charge is 0.419 e.